The normalized spacial score (nSPS) is 14.4. The molecule has 0 aliphatic carbocycles. The Morgan fingerprint density at radius 2 is 1.97 bits per heavy atom. The first-order valence-electron chi connectivity index (χ1n) is 9.88. The minimum Gasteiger partial charge on any atom is -0.358 e. The van der Waals surface area contributed by atoms with Crippen LogP contribution in [0, 0.1) is 13.8 Å². The Balaban J connectivity index is 1.82. The van der Waals surface area contributed by atoms with Gasteiger partial charge in [-0.3, -0.25) is 9.59 Å². The summed E-state index contributed by atoms with van der Waals surface area (Å²) in [7, 11) is 0. The minimum atomic E-state index is -0.144. The number of hydrogen-bond acceptors (Lipinski definition) is 3. The van der Waals surface area contributed by atoms with Crippen LogP contribution in [-0.2, 0) is 4.79 Å². The molecule has 7 heteroatoms. The molecule has 6 nitrogen and oxygen atoms in total. The van der Waals surface area contributed by atoms with Crippen LogP contribution in [0.4, 0.5) is 5.69 Å². The summed E-state index contributed by atoms with van der Waals surface area (Å²) in [5, 5.41) is 5.90. The zero-order valence-electron chi connectivity index (χ0n) is 17.3. The molecule has 0 saturated heterocycles. The molecule has 1 aromatic heterocycles. The zero-order chi connectivity index (χ0) is 21.1. The average molecular weight is 459 g/mol. The summed E-state index contributed by atoms with van der Waals surface area (Å²) < 4.78 is 0.911. The van der Waals surface area contributed by atoms with Gasteiger partial charge < -0.3 is 20.5 Å². The number of fused-ring (bicyclic) bond motifs is 1. The Morgan fingerprint density at radius 1 is 1.24 bits per heavy atom. The van der Waals surface area contributed by atoms with Crippen molar-refractivity contribution in [3.8, 4) is 0 Å². The Kier molecular flexibility index (Phi) is 6.59. The summed E-state index contributed by atoms with van der Waals surface area (Å²) in [5.41, 5.74) is 5.28. The number of carbonyl (C=O) groups excluding carboxylic acids is 2. The van der Waals surface area contributed by atoms with E-state index in [0.717, 1.165) is 52.3 Å². The summed E-state index contributed by atoms with van der Waals surface area (Å²) in [6.45, 7) is 11.4. The van der Waals surface area contributed by atoms with Gasteiger partial charge in [0.15, 0.2) is 0 Å². The van der Waals surface area contributed by atoms with Gasteiger partial charge in [-0.05, 0) is 50.7 Å². The molecule has 0 bridgehead atoms. The van der Waals surface area contributed by atoms with Gasteiger partial charge in [0, 0.05) is 34.5 Å². The first-order valence-corrected chi connectivity index (χ1v) is 10.7. The lowest BCUT2D eigenvalue weighted by Gasteiger charge is -2.18. The van der Waals surface area contributed by atoms with E-state index in [0.29, 0.717) is 17.7 Å². The molecule has 154 valence electrons. The smallest absolute Gasteiger partial charge is 0.256 e. The number of likely N-dealkylation sites (N-methyl/N-ethyl adjacent to an activating group) is 1. The summed E-state index contributed by atoms with van der Waals surface area (Å²) in [6, 6.07) is 5.71. The first-order chi connectivity index (χ1) is 13.8. The van der Waals surface area contributed by atoms with E-state index in [9.17, 15) is 9.59 Å². The van der Waals surface area contributed by atoms with E-state index >= 15 is 0 Å². The lowest BCUT2D eigenvalue weighted by Crippen LogP contribution is -2.35. The summed E-state index contributed by atoms with van der Waals surface area (Å²) in [4.78, 5) is 30.7. The van der Waals surface area contributed by atoms with Crippen LogP contribution in [0.2, 0.25) is 0 Å². The van der Waals surface area contributed by atoms with Crippen molar-refractivity contribution in [1.82, 2.24) is 15.2 Å². The van der Waals surface area contributed by atoms with Gasteiger partial charge in [0.05, 0.1) is 16.8 Å². The number of rotatable bonds is 7. The maximum atomic E-state index is 12.7. The molecule has 2 heterocycles. The summed E-state index contributed by atoms with van der Waals surface area (Å²) >= 11 is 3.43. The van der Waals surface area contributed by atoms with Gasteiger partial charge in [0.2, 0.25) is 0 Å². The van der Waals surface area contributed by atoms with E-state index in [2.05, 4.69) is 50.3 Å². The largest absolute Gasteiger partial charge is 0.358 e. The fourth-order valence-electron chi connectivity index (χ4n) is 3.67. The highest BCUT2D eigenvalue weighted by Crippen LogP contribution is 2.35. The maximum absolute atomic E-state index is 12.7. The van der Waals surface area contributed by atoms with Crippen LogP contribution in [0.1, 0.15) is 46.7 Å². The van der Waals surface area contributed by atoms with E-state index < -0.39 is 0 Å². The predicted octanol–water partition coefficient (Wildman–Crippen LogP) is 3.96. The van der Waals surface area contributed by atoms with Crippen LogP contribution in [0.5, 0.6) is 0 Å². The zero-order valence-corrected chi connectivity index (χ0v) is 18.9. The molecule has 3 N–H and O–H groups in total. The van der Waals surface area contributed by atoms with Crippen molar-refractivity contribution in [3.05, 3.63) is 50.8 Å². The number of benzene rings is 1. The lowest BCUT2D eigenvalue weighted by molar-refractivity contribution is -0.110. The van der Waals surface area contributed by atoms with Crippen molar-refractivity contribution in [2.24, 2.45) is 0 Å². The van der Waals surface area contributed by atoms with E-state index in [1.165, 1.54) is 0 Å². The van der Waals surface area contributed by atoms with Crippen LogP contribution in [-0.4, -0.2) is 47.9 Å². The second kappa shape index (κ2) is 8.97. The Morgan fingerprint density at radius 3 is 2.66 bits per heavy atom. The highest BCUT2D eigenvalue weighted by atomic mass is 79.9. The molecule has 1 aliphatic rings. The number of H-pyrrole nitrogens is 1. The lowest BCUT2D eigenvalue weighted by atomic mass is 10.0. The van der Waals surface area contributed by atoms with Crippen LogP contribution < -0.4 is 10.6 Å². The monoisotopic (exact) mass is 458 g/mol. The number of aryl methyl sites for hydroxylation is 1. The van der Waals surface area contributed by atoms with Crippen molar-refractivity contribution in [2.45, 2.75) is 27.7 Å². The van der Waals surface area contributed by atoms with Crippen molar-refractivity contribution >= 4 is 45.1 Å². The number of carbonyl (C=O) groups is 2. The van der Waals surface area contributed by atoms with Gasteiger partial charge in [-0.1, -0.05) is 35.8 Å². The molecule has 0 saturated carbocycles. The maximum Gasteiger partial charge on any atom is 0.256 e. The molecule has 2 amide bonds. The molecule has 0 fully saturated rings. The summed E-state index contributed by atoms with van der Waals surface area (Å²) in [6.07, 6.45) is 1.82. The predicted molar refractivity (Wildman–Crippen MR) is 121 cm³/mol. The number of anilines is 1. The molecule has 1 aliphatic heterocycles. The summed E-state index contributed by atoms with van der Waals surface area (Å²) in [5.74, 6) is -0.233. The number of amides is 2. The number of nitrogens with one attached hydrogen (secondary N) is 3. The van der Waals surface area contributed by atoms with E-state index in [1.807, 2.05) is 38.1 Å². The minimum absolute atomic E-state index is 0.0896. The van der Waals surface area contributed by atoms with Crippen LogP contribution in [0.15, 0.2) is 22.7 Å². The van der Waals surface area contributed by atoms with E-state index in [1.54, 1.807) is 0 Å². The van der Waals surface area contributed by atoms with Gasteiger partial charge in [-0.15, -0.1) is 0 Å². The van der Waals surface area contributed by atoms with Crippen molar-refractivity contribution in [1.29, 1.82) is 0 Å². The molecule has 0 spiro atoms. The number of nitrogens with zero attached hydrogens (tertiary/aromatic N) is 1. The fraction of sp³-hybridized carbons (Fsp3) is 0.364. The third-order valence-electron chi connectivity index (χ3n) is 5.36. The van der Waals surface area contributed by atoms with Gasteiger partial charge in [0.25, 0.3) is 11.8 Å². The third-order valence-corrected chi connectivity index (χ3v) is 5.86. The number of aromatic nitrogens is 1. The van der Waals surface area contributed by atoms with Crippen molar-refractivity contribution in [2.75, 3.05) is 31.5 Å². The number of halogens is 1. The van der Waals surface area contributed by atoms with Crippen molar-refractivity contribution < 1.29 is 9.59 Å². The molecule has 3 rings (SSSR count). The Labute approximate surface area is 179 Å². The second-order valence-corrected chi connectivity index (χ2v) is 8.06. The average Bonchev–Trinajstić information content (AvgIpc) is 3.14. The second-order valence-electron chi connectivity index (χ2n) is 7.15. The molecule has 29 heavy (non-hydrogen) atoms. The van der Waals surface area contributed by atoms with Crippen LogP contribution in [0.3, 0.4) is 0 Å². The standard InChI is InChI=1S/C22H27BrN4O2/c1-5-27(6-2)10-9-24-22(29)20-13(3)18(25-14(20)4)12-17-16-8-7-15(23)11-19(16)26-21(17)28/h7-8,11-12,25H,5-6,9-10H2,1-4H3,(H,24,29)(H,26,28)/b17-12-. The SMILES string of the molecule is CCN(CC)CCNC(=O)c1c(C)[nH]c(/C=C2\C(=O)Nc3cc(Br)ccc32)c1C. The molecule has 0 atom stereocenters. The first kappa shape index (κ1) is 21.3. The highest BCUT2D eigenvalue weighted by molar-refractivity contribution is 9.10. The quantitative estimate of drug-likeness (QED) is 0.549. The van der Waals surface area contributed by atoms with E-state index in [4.69, 9.17) is 0 Å². The molecule has 0 unspecified atom stereocenters. The molecule has 1 aromatic carbocycles. The van der Waals surface area contributed by atoms with Gasteiger partial charge in [-0.25, -0.2) is 0 Å². The highest BCUT2D eigenvalue weighted by Gasteiger charge is 2.25. The van der Waals surface area contributed by atoms with E-state index in [-0.39, 0.29) is 11.8 Å². The fourth-order valence-corrected chi connectivity index (χ4v) is 4.03. The molecular weight excluding hydrogens is 432 g/mol. The molecular formula is C22H27BrN4O2. The molecule has 2 aromatic rings. The molecule has 0 radical (unpaired) electrons. The van der Waals surface area contributed by atoms with Gasteiger partial charge in [-0.2, -0.15) is 0 Å². The van der Waals surface area contributed by atoms with Crippen molar-refractivity contribution in [3.63, 3.8) is 0 Å². The number of aromatic amines is 1. The van der Waals surface area contributed by atoms with Gasteiger partial charge >= 0.3 is 0 Å². The Hall–Kier alpha value is -2.38. The Bertz CT molecular complexity index is 973. The van der Waals surface area contributed by atoms with Crippen LogP contribution >= 0.6 is 15.9 Å². The third kappa shape index (κ3) is 4.46. The van der Waals surface area contributed by atoms with Gasteiger partial charge in [0.1, 0.15) is 0 Å². The number of hydrogen-bond donors (Lipinski definition) is 3. The topological polar surface area (TPSA) is 77.2 Å². The van der Waals surface area contributed by atoms with Crippen LogP contribution in [0.25, 0.3) is 11.6 Å².